The Bertz CT molecular complexity index is 534. The van der Waals surface area contributed by atoms with Gasteiger partial charge in [-0.15, -0.1) is 0 Å². The quantitative estimate of drug-likeness (QED) is 0.739. The van der Waals surface area contributed by atoms with E-state index >= 15 is 0 Å². The van der Waals surface area contributed by atoms with Crippen molar-refractivity contribution in [3.8, 4) is 0 Å². The monoisotopic (exact) mass is 342 g/mol. The van der Waals surface area contributed by atoms with Crippen LogP contribution in [0.25, 0.3) is 0 Å². The van der Waals surface area contributed by atoms with E-state index < -0.39 is 10.0 Å². The van der Waals surface area contributed by atoms with E-state index in [4.69, 9.17) is 4.74 Å². The van der Waals surface area contributed by atoms with Gasteiger partial charge in [-0.25, -0.2) is 12.7 Å². The molecule has 4 aliphatic rings. The summed E-state index contributed by atoms with van der Waals surface area (Å²) >= 11 is 0. The van der Waals surface area contributed by atoms with Gasteiger partial charge in [0.15, 0.2) is 0 Å². The molecule has 0 radical (unpaired) electrons. The first-order valence-corrected chi connectivity index (χ1v) is 10.8. The molecule has 1 spiro atoms. The van der Waals surface area contributed by atoms with Crippen LogP contribution in [0.5, 0.6) is 0 Å². The second kappa shape index (κ2) is 5.97. The summed E-state index contributed by atoms with van der Waals surface area (Å²) in [5, 5.41) is -0.0681. The summed E-state index contributed by atoms with van der Waals surface area (Å²) in [5.74, 6) is 0.825. The molecule has 4 fully saturated rings. The summed E-state index contributed by atoms with van der Waals surface area (Å²) in [4.78, 5) is 2.51. The predicted molar refractivity (Wildman–Crippen MR) is 89.8 cm³/mol. The minimum Gasteiger partial charge on any atom is -0.380 e. The van der Waals surface area contributed by atoms with Gasteiger partial charge in [-0.1, -0.05) is 0 Å². The molecule has 132 valence electrons. The molecule has 6 heteroatoms. The summed E-state index contributed by atoms with van der Waals surface area (Å²) in [5.41, 5.74) is 0.211. The number of hydrogen-bond acceptors (Lipinski definition) is 4. The summed E-state index contributed by atoms with van der Waals surface area (Å²) in [6.07, 6.45) is 8.76. The molecule has 4 rings (SSSR count). The third kappa shape index (κ3) is 3.20. The van der Waals surface area contributed by atoms with Gasteiger partial charge in [0.25, 0.3) is 0 Å². The first kappa shape index (κ1) is 16.3. The van der Waals surface area contributed by atoms with Gasteiger partial charge in [0, 0.05) is 31.3 Å². The van der Waals surface area contributed by atoms with Gasteiger partial charge in [-0.05, 0) is 64.3 Å². The highest BCUT2D eigenvalue weighted by atomic mass is 32.2. The number of likely N-dealkylation sites (tertiary alicyclic amines) is 1. The summed E-state index contributed by atoms with van der Waals surface area (Å²) in [6, 6.07) is 0.514. The first-order chi connectivity index (χ1) is 11.0. The average molecular weight is 343 g/mol. The summed E-state index contributed by atoms with van der Waals surface area (Å²) in [7, 11) is -0.767. The molecule has 2 aliphatic carbocycles. The van der Waals surface area contributed by atoms with Crippen LogP contribution in [0.3, 0.4) is 0 Å². The molecule has 1 unspecified atom stereocenters. The lowest BCUT2D eigenvalue weighted by Crippen LogP contribution is -2.54. The van der Waals surface area contributed by atoms with Crippen LogP contribution < -0.4 is 0 Å². The van der Waals surface area contributed by atoms with Crippen LogP contribution in [-0.4, -0.2) is 67.8 Å². The second-order valence-corrected chi connectivity index (χ2v) is 10.4. The van der Waals surface area contributed by atoms with E-state index in [1.54, 1.807) is 4.31 Å². The Balaban J connectivity index is 1.31. The van der Waals surface area contributed by atoms with Crippen molar-refractivity contribution in [1.82, 2.24) is 9.21 Å². The molecule has 0 aromatic carbocycles. The van der Waals surface area contributed by atoms with Crippen LogP contribution >= 0.6 is 0 Å². The molecule has 0 aromatic rings. The average Bonchev–Trinajstić information content (AvgIpc) is 3.43. The molecule has 2 saturated heterocycles. The zero-order valence-corrected chi connectivity index (χ0v) is 15.1. The molecule has 1 atom stereocenters. The molecule has 0 N–H and O–H groups in total. The van der Waals surface area contributed by atoms with Crippen molar-refractivity contribution < 1.29 is 13.2 Å². The molecule has 2 aliphatic heterocycles. The highest BCUT2D eigenvalue weighted by Crippen LogP contribution is 2.42. The Kier molecular flexibility index (Phi) is 4.23. The van der Waals surface area contributed by atoms with Crippen LogP contribution in [-0.2, 0) is 14.8 Å². The molecule has 0 bridgehead atoms. The zero-order chi connectivity index (χ0) is 16.1. The Morgan fingerprint density at radius 3 is 2.30 bits per heavy atom. The molecule has 0 aromatic heterocycles. The zero-order valence-electron chi connectivity index (χ0n) is 14.2. The van der Waals surface area contributed by atoms with Gasteiger partial charge in [-0.2, -0.15) is 0 Å². The van der Waals surface area contributed by atoms with Gasteiger partial charge in [0.2, 0.25) is 10.0 Å². The van der Waals surface area contributed by atoms with Crippen LogP contribution in [0.1, 0.15) is 51.4 Å². The van der Waals surface area contributed by atoms with E-state index in [1.807, 2.05) is 0 Å². The Hall–Kier alpha value is -0.170. The SMILES string of the molecule is CN1C(COCC2CC2)CCC12CCN(S(=O)(=O)C1CC1)CC2. The van der Waals surface area contributed by atoms with Gasteiger partial charge >= 0.3 is 0 Å². The number of hydrogen-bond donors (Lipinski definition) is 0. The lowest BCUT2D eigenvalue weighted by molar-refractivity contribution is 0.0282. The van der Waals surface area contributed by atoms with Crippen molar-refractivity contribution in [1.29, 1.82) is 0 Å². The number of piperidine rings is 1. The first-order valence-electron chi connectivity index (χ1n) is 9.31. The molecule has 0 amide bonds. The maximum Gasteiger partial charge on any atom is 0.216 e. The number of ether oxygens (including phenoxy) is 1. The third-order valence-corrected chi connectivity index (χ3v) is 8.96. The molecule has 2 heterocycles. The van der Waals surface area contributed by atoms with E-state index in [0.29, 0.717) is 19.1 Å². The van der Waals surface area contributed by atoms with Crippen molar-refractivity contribution in [3.05, 3.63) is 0 Å². The Morgan fingerprint density at radius 1 is 1.00 bits per heavy atom. The molecule has 5 nitrogen and oxygen atoms in total. The molecular formula is C17H30N2O3S. The summed E-state index contributed by atoms with van der Waals surface area (Å²) in [6.45, 7) is 3.20. The normalized spacial score (nSPS) is 32.7. The second-order valence-electron chi connectivity index (χ2n) is 8.15. The van der Waals surface area contributed by atoms with Crippen LogP contribution in [0.4, 0.5) is 0 Å². The number of sulfonamides is 1. The van der Waals surface area contributed by atoms with Gasteiger partial charge in [0.1, 0.15) is 0 Å². The fourth-order valence-corrected chi connectivity index (χ4v) is 6.22. The highest BCUT2D eigenvalue weighted by molar-refractivity contribution is 7.90. The number of nitrogens with zero attached hydrogens (tertiary/aromatic N) is 2. The van der Waals surface area contributed by atoms with Crippen molar-refractivity contribution >= 4 is 10.0 Å². The highest BCUT2D eigenvalue weighted by Gasteiger charge is 2.49. The van der Waals surface area contributed by atoms with E-state index in [2.05, 4.69) is 11.9 Å². The Morgan fingerprint density at radius 2 is 1.70 bits per heavy atom. The van der Waals surface area contributed by atoms with Crippen molar-refractivity contribution in [2.45, 2.75) is 68.2 Å². The molecular weight excluding hydrogens is 312 g/mol. The van der Waals surface area contributed by atoms with Crippen molar-refractivity contribution in [3.63, 3.8) is 0 Å². The van der Waals surface area contributed by atoms with Gasteiger partial charge in [-0.3, -0.25) is 4.90 Å². The standard InChI is InChI=1S/C17H30N2O3S/c1-18-15(13-22-12-14-2-3-14)6-7-17(18)8-10-19(11-9-17)23(20,21)16-4-5-16/h14-16H,2-13H2,1H3. The number of likely N-dealkylation sites (N-methyl/N-ethyl adjacent to an activating group) is 1. The van der Waals surface area contributed by atoms with Crippen molar-refractivity contribution in [2.24, 2.45) is 5.92 Å². The minimum absolute atomic E-state index is 0.0681. The van der Waals surface area contributed by atoms with Crippen molar-refractivity contribution in [2.75, 3.05) is 33.4 Å². The lowest BCUT2D eigenvalue weighted by atomic mass is 9.86. The van der Waals surface area contributed by atoms with Gasteiger partial charge in [0.05, 0.1) is 11.9 Å². The van der Waals surface area contributed by atoms with E-state index in [-0.39, 0.29) is 10.8 Å². The van der Waals surface area contributed by atoms with Crippen LogP contribution in [0.2, 0.25) is 0 Å². The van der Waals surface area contributed by atoms with E-state index in [9.17, 15) is 8.42 Å². The Labute approximate surface area is 140 Å². The number of rotatable bonds is 6. The fraction of sp³-hybridized carbons (Fsp3) is 1.00. The molecule has 2 saturated carbocycles. The fourth-order valence-electron chi connectivity index (χ4n) is 4.38. The predicted octanol–water partition coefficient (Wildman–Crippen LogP) is 1.83. The third-order valence-electron chi connectivity index (χ3n) is 6.56. The summed E-state index contributed by atoms with van der Waals surface area (Å²) < 4.78 is 32.5. The smallest absolute Gasteiger partial charge is 0.216 e. The van der Waals surface area contributed by atoms with E-state index in [1.165, 1.54) is 25.7 Å². The minimum atomic E-state index is -2.99. The van der Waals surface area contributed by atoms with Crippen LogP contribution in [0.15, 0.2) is 0 Å². The topological polar surface area (TPSA) is 49.9 Å². The molecule has 23 heavy (non-hydrogen) atoms. The largest absolute Gasteiger partial charge is 0.380 e. The maximum atomic E-state index is 12.4. The van der Waals surface area contributed by atoms with Gasteiger partial charge < -0.3 is 4.74 Å². The van der Waals surface area contributed by atoms with E-state index in [0.717, 1.165) is 44.8 Å². The lowest BCUT2D eigenvalue weighted by Gasteiger charge is -2.44. The van der Waals surface area contributed by atoms with Crippen LogP contribution in [0, 0.1) is 5.92 Å². The maximum absolute atomic E-state index is 12.4.